The summed E-state index contributed by atoms with van der Waals surface area (Å²) in [5.74, 6) is 0.633. The molecule has 0 fully saturated rings. The Bertz CT molecular complexity index is 415. The quantitative estimate of drug-likeness (QED) is 0.793. The van der Waals surface area contributed by atoms with Gasteiger partial charge in [0.2, 0.25) is 0 Å². The Labute approximate surface area is 124 Å². The van der Waals surface area contributed by atoms with Gasteiger partial charge in [-0.15, -0.1) is 0 Å². The third kappa shape index (κ3) is 6.48. The Morgan fingerprint density at radius 2 is 1.62 bits per heavy atom. The third-order valence-electron chi connectivity index (χ3n) is 3.46. The number of aliphatic hydroxyl groups is 1. The van der Waals surface area contributed by atoms with E-state index in [0.29, 0.717) is 18.0 Å². The second-order valence-electron chi connectivity index (χ2n) is 5.92. The van der Waals surface area contributed by atoms with Crippen LogP contribution in [0.25, 0.3) is 0 Å². The molecule has 0 aliphatic rings. The first kappa shape index (κ1) is 18.0. The maximum Gasteiger partial charge on any atom is 0.416 e. The van der Waals surface area contributed by atoms with Gasteiger partial charge in [-0.1, -0.05) is 26.0 Å². The van der Waals surface area contributed by atoms with E-state index in [-0.39, 0.29) is 6.04 Å². The summed E-state index contributed by atoms with van der Waals surface area (Å²) in [7, 11) is 0. The van der Waals surface area contributed by atoms with E-state index in [1.54, 1.807) is 0 Å². The fraction of sp³-hybridized carbons (Fsp3) is 0.625. The molecule has 1 aromatic rings. The van der Waals surface area contributed by atoms with Gasteiger partial charge in [0.15, 0.2) is 0 Å². The molecule has 2 atom stereocenters. The zero-order valence-electron chi connectivity index (χ0n) is 12.7. The van der Waals surface area contributed by atoms with E-state index in [4.69, 9.17) is 0 Å². The highest BCUT2D eigenvalue weighted by atomic mass is 19.4. The Kier molecular flexibility index (Phi) is 6.68. The van der Waals surface area contributed by atoms with Crippen LogP contribution in [0.15, 0.2) is 24.3 Å². The third-order valence-corrected chi connectivity index (χ3v) is 3.46. The molecule has 0 aromatic heterocycles. The van der Waals surface area contributed by atoms with Crippen molar-refractivity contribution in [1.82, 2.24) is 5.32 Å². The zero-order chi connectivity index (χ0) is 16.0. The van der Waals surface area contributed by atoms with Gasteiger partial charge in [-0.25, -0.2) is 0 Å². The minimum absolute atomic E-state index is 0.275. The first-order chi connectivity index (χ1) is 9.70. The van der Waals surface area contributed by atoms with Crippen LogP contribution >= 0.6 is 0 Å². The van der Waals surface area contributed by atoms with Crippen molar-refractivity contribution in [2.45, 2.75) is 51.9 Å². The van der Waals surface area contributed by atoms with Crippen LogP contribution in [-0.4, -0.2) is 17.7 Å². The summed E-state index contributed by atoms with van der Waals surface area (Å²) >= 11 is 0. The average Bonchev–Trinajstić information content (AvgIpc) is 2.41. The molecule has 2 nitrogen and oxygen atoms in total. The van der Waals surface area contributed by atoms with Crippen molar-refractivity contribution in [3.05, 3.63) is 35.4 Å². The lowest BCUT2D eigenvalue weighted by atomic mass is 10.0. The molecule has 1 rings (SSSR count). The summed E-state index contributed by atoms with van der Waals surface area (Å²) in [6.07, 6.45) is -3.02. The van der Waals surface area contributed by atoms with Gasteiger partial charge >= 0.3 is 6.18 Å². The van der Waals surface area contributed by atoms with E-state index in [1.165, 1.54) is 12.1 Å². The van der Waals surface area contributed by atoms with Crippen LogP contribution in [0.1, 0.15) is 50.8 Å². The zero-order valence-corrected chi connectivity index (χ0v) is 12.7. The summed E-state index contributed by atoms with van der Waals surface area (Å²) in [4.78, 5) is 0. The largest absolute Gasteiger partial charge is 0.416 e. The molecular formula is C16H24F3NO. The van der Waals surface area contributed by atoms with Crippen LogP contribution in [-0.2, 0) is 6.18 Å². The molecule has 0 saturated carbocycles. The Morgan fingerprint density at radius 1 is 1.05 bits per heavy atom. The second kappa shape index (κ2) is 7.80. The van der Waals surface area contributed by atoms with Crippen LogP contribution in [0.2, 0.25) is 0 Å². The molecule has 120 valence electrons. The number of halogens is 3. The van der Waals surface area contributed by atoms with E-state index < -0.39 is 17.8 Å². The van der Waals surface area contributed by atoms with Crippen molar-refractivity contribution in [2.75, 3.05) is 6.54 Å². The number of alkyl halides is 3. The molecule has 0 aliphatic carbocycles. The van der Waals surface area contributed by atoms with Crippen LogP contribution in [0.4, 0.5) is 13.2 Å². The standard InChI is InChI=1S/C16H24F3NO/c1-11(2)4-5-12(3)20-10-15(21)13-6-8-14(9-7-13)16(17,18)19/h6-9,11-12,15,20-21H,4-5,10H2,1-3H3. The Morgan fingerprint density at radius 3 is 2.10 bits per heavy atom. The molecule has 1 aromatic carbocycles. The first-order valence-electron chi connectivity index (χ1n) is 7.28. The second-order valence-corrected chi connectivity index (χ2v) is 5.92. The van der Waals surface area contributed by atoms with Gasteiger partial charge in [-0.2, -0.15) is 13.2 Å². The number of benzene rings is 1. The highest BCUT2D eigenvalue weighted by Gasteiger charge is 2.30. The number of aliphatic hydroxyl groups excluding tert-OH is 1. The van der Waals surface area contributed by atoms with Gasteiger partial charge in [-0.3, -0.25) is 0 Å². The van der Waals surface area contributed by atoms with Crippen molar-refractivity contribution in [2.24, 2.45) is 5.92 Å². The SMILES string of the molecule is CC(C)CCC(C)NCC(O)c1ccc(C(F)(F)F)cc1. The molecule has 0 bridgehead atoms. The summed E-state index contributed by atoms with van der Waals surface area (Å²) < 4.78 is 37.3. The number of nitrogens with one attached hydrogen (secondary N) is 1. The summed E-state index contributed by atoms with van der Waals surface area (Å²) in [5, 5.41) is 13.2. The number of hydrogen-bond acceptors (Lipinski definition) is 2. The van der Waals surface area contributed by atoms with Crippen LogP contribution < -0.4 is 5.32 Å². The van der Waals surface area contributed by atoms with E-state index in [9.17, 15) is 18.3 Å². The molecule has 21 heavy (non-hydrogen) atoms. The van der Waals surface area contributed by atoms with E-state index >= 15 is 0 Å². The van der Waals surface area contributed by atoms with Gasteiger partial charge in [0, 0.05) is 12.6 Å². The minimum atomic E-state index is -4.34. The topological polar surface area (TPSA) is 32.3 Å². The van der Waals surface area contributed by atoms with Crippen molar-refractivity contribution in [1.29, 1.82) is 0 Å². The summed E-state index contributed by atoms with van der Waals surface area (Å²) in [6.45, 7) is 6.69. The van der Waals surface area contributed by atoms with Gasteiger partial charge in [-0.05, 0) is 43.4 Å². The highest BCUT2D eigenvalue weighted by molar-refractivity contribution is 5.26. The average molecular weight is 303 g/mol. The molecule has 0 heterocycles. The van der Waals surface area contributed by atoms with Crippen molar-refractivity contribution in [3.8, 4) is 0 Å². The van der Waals surface area contributed by atoms with E-state index in [1.807, 2.05) is 6.92 Å². The molecule has 2 unspecified atom stereocenters. The van der Waals surface area contributed by atoms with Gasteiger partial charge in [0.05, 0.1) is 11.7 Å². The molecule has 0 amide bonds. The van der Waals surface area contributed by atoms with E-state index in [2.05, 4.69) is 19.2 Å². The predicted octanol–water partition coefficient (Wildman–Crippen LogP) is 4.15. The monoisotopic (exact) mass is 303 g/mol. The lowest BCUT2D eigenvalue weighted by Gasteiger charge is -2.18. The molecule has 2 N–H and O–H groups in total. The lowest BCUT2D eigenvalue weighted by molar-refractivity contribution is -0.137. The van der Waals surface area contributed by atoms with Crippen LogP contribution in [0, 0.1) is 5.92 Å². The summed E-state index contributed by atoms with van der Waals surface area (Å²) in [6, 6.07) is 4.93. The Hall–Kier alpha value is -1.07. The summed E-state index contributed by atoms with van der Waals surface area (Å²) in [5.41, 5.74) is -0.205. The van der Waals surface area contributed by atoms with Gasteiger partial charge < -0.3 is 10.4 Å². The fourth-order valence-corrected chi connectivity index (χ4v) is 2.01. The lowest BCUT2D eigenvalue weighted by Crippen LogP contribution is -2.30. The maximum atomic E-state index is 12.4. The van der Waals surface area contributed by atoms with Crippen LogP contribution in [0.5, 0.6) is 0 Å². The van der Waals surface area contributed by atoms with Gasteiger partial charge in [0.1, 0.15) is 0 Å². The first-order valence-corrected chi connectivity index (χ1v) is 7.28. The smallest absolute Gasteiger partial charge is 0.387 e. The molecule has 0 spiro atoms. The fourth-order valence-electron chi connectivity index (χ4n) is 2.01. The molecular weight excluding hydrogens is 279 g/mol. The predicted molar refractivity (Wildman–Crippen MR) is 77.9 cm³/mol. The van der Waals surface area contributed by atoms with Crippen molar-refractivity contribution < 1.29 is 18.3 Å². The Balaban J connectivity index is 2.47. The maximum absolute atomic E-state index is 12.4. The van der Waals surface area contributed by atoms with Crippen LogP contribution in [0.3, 0.4) is 0 Å². The molecule has 0 radical (unpaired) electrons. The molecule has 0 aliphatic heterocycles. The van der Waals surface area contributed by atoms with Gasteiger partial charge in [0.25, 0.3) is 0 Å². The molecule has 5 heteroatoms. The normalized spacial score (nSPS) is 15.2. The highest BCUT2D eigenvalue weighted by Crippen LogP contribution is 2.29. The number of hydrogen-bond donors (Lipinski definition) is 2. The number of rotatable bonds is 7. The minimum Gasteiger partial charge on any atom is -0.387 e. The van der Waals surface area contributed by atoms with Crippen molar-refractivity contribution >= 4 is 0 Å². The van der Waals surface area contributed by atoms with E-state index in [0.717, 1.165) is 25.0 Å². The molecule has 0 saturated heterocycles. The van der Waals surface area contributed by atoms with Crippen molar-refractivity contribution in [3.63, 3.8) is 0 Å².